The van der Waals surface area contributed by atoms with Gasteiger partial charge in [0.1, 0.15) is 12.4 Å². The fourth-order valence-corrected chi connectivity index (χ4v) is 1.54. The van der Waals surface area contributed by atoms with Crippen LogP contribution in [0.15, 0.2) is 6.07 Å². The van der Waals surface area contributed by atoms with Gasteiger partial charge in [-0.05, 0) is 27.2 Å². The summed E-state index contributed by atoms with van der Waals surface area (Å²) in [6.07, 6.45) is 1.31. The number of anilines is 1. The van der Waals surface area contributed by atoms with Gasteiger partial charge in [-0.25, -0.2) is 9.97 Å². The Labute approximate surface area is 115 Å². The summed E-state index contributed by atoms with van der Waals surface area (Å²) in [6, 6.07) is 1.95. The van der Waals surface area contributed by atoms with E-state index >= 15 is 0 Å². The molecule has 0 aromatic carbocycles. The molecule has 1 aromatic heterocycles. The van der Waals surface area contributed by atoms with Crippen LogP contribution in [0, 0.1) is 6.92 Å². The number of rotatable bonds is 9. The number of aromatic nitrogens is 2. The molecule has 5 heteroatoms. The van der Waals surface area contributed by atoms with Crippen molar-refractivity contribution in [2.75, 3.05) is 25.1 Å². The third-order valence-corrected chi connectivity index (χ3v) is 2.37. The topological polar surface area (TPSA) is 56.3 Å². The van der Waals surface area contributed by atoms with Crippen LogP contribution in [0.5, 0.6) is 0 Å². The first-order chi connectivity index (χ1) is 9.11. The quantitative estimate of drug-likeness (QED) is 0.697. The van der Waals surface area contributed by atoms with Crippen molar-refractivity contribution in [2.45, 2.75) is 46.8 Å². The first-order valence-electron chi connectivity index (χ1n) is 6.89. The Morgan fingerprint density at radius 2 is 2.05 bits per heavy atom. The van der Waals surface area contributed by atoms with Gasteiger partial charge in [0.2, 0.25) is 0 Å². The molecule has 0 saturated carbocycles. The van der Waals surface area contributed by atoms with E-state index in [-0.39, 0.29) is 6.10 Å². The van der Waals surface area contributed by atoms with Crippen LogP contribution in [-0.2, 0) is 16.1 Å². The van der Waals surface area contributed by atoms with Crippen LogP contribution >= 0.6 is 0 Å². The number of hydrogen-bond donors (Lipinski definition) is 1. The minimum Gasteiger partial charge on any atom is -0.376 e. The minimum atomic E-state index is 0.240. The Morgan fingerprint density at radius 3 is 2.74 bits per heavy atom. The molecule has 0 saturated heterocycles. The summed E-state index contributed by atoms with van der Waals surface area (Å²) in [5, 5.41) is 3.26. The van der Waals surface area contributed by atoms with Crippen molar-refractivity contribution in [3.8, 4) is 0 Å². The van der Waals surface area contributed by atoms with Gasteiger partial charge < -0.3 is 14.8 Å². The molecular formula is C14H25N3O2. The lowest BCUT2D eigenvalue weighted by Crippen LogP contribution is -2.11. The molecule has 0 aliphatic rings. The van der Waals surface area contributed by atoms with Crippen LogP contribution in [0.4, 0.5) is 5.82 Å². The van der Waals surface area contributed by atoms with E-state index in [1.165, 1.54) is 0 Å². The second kappa shape index (κ2) is 8.82. The van der Waals surface area contributed by atoms with E-state index in [1.807, 2.05) is 26.8 Å². The Bertz CT molecular complexity index is 370. The molecule has 5 nitrogen and oxygen atoms in total. The van der Waals surface area contributed by atoms with Crippen molar-refractivity contribution in [1.29, 1.82) is 0 Å². The molecule has 1 rings (SSSR count). The maximum Gasteiger partial charge on any atom is 0.156 e. The SMILES string of the molecule is CCCNc1cc(C)nc(COCCOC(C)C)n1. The third-order valence-electron chi connectivity index (χ3n) is 2.37. The molecule has 0 bridgehead atoms. The third kappa shape index (κ3) is 7.08. The maximum absolute atomic E-state index is 5.51. The zero-order valence-electron chi connectivity index (χ0n) is 12.4. The number of aryl methyl sites for hydroxylation is 1. The smallest absolute Gasteiger partial charge is 0.156 e. The number of nitrogens with one attached hydrogen (secondary N) is 1. The summed E-state index contributed by atoms with van der Waals surface area (Å²) in [7, 11) is 0. The molecule has 0 amide bonds. The molecule has 0 aliphatic carbocycles. The normalized spacial score (nSPS) is 11.0. The predicted octanol–water partition coefficient (Wildman–Crippen LogP) is 2.55. The zero-order valence-corrected chi connectivity index (χ0v) is 12.4. The molecule has 0 spiro atoms. The highest BCUT2D eigenvalue weighted by atomic mass is 16.5. The van der Waals surface area contributed by atoms with Gasteiger partial charge >= 0.3 is 0 Å². The molecule has 0 unspecified atom stereocenters. The van der Waals surface area contributed by atoms with Crippen LogP contribution < -0.4 is 5.32 Å². The summed E-state index contributed by atoms with van der Waals surface area (Å²) in [6.45, 7) is 10.6. The van der Waals surface area contributed by atoms with Gasteiger partial charge in [-0.1, -0.05) is 6.92 Å². The predicted molar refractivity (Wildman–Crippen MR) is 76.3 cm³/mol. The Morgan fingerprint density at radius 1 is 1.26 bits per heavy atom. The van der Waals surface area contributed by atoms with E-state index in [2.05, 4.69) is 22.2 Å². The lowest BCUT2D eigenvalue weighted by atomic mass is 10.4. The summed E-state index contributed by atoms with van der Waals surface area (Å²) in [4.78, 5) is 8.77. The minimum absolute atomic E-state index is 0.240. The van der Waals surface area contributed by atoms with E-state index in [0.717, 1.165) is 24.5 Å². The van der Waals surface area contributed by atoms with Crippen LogP contribution in [-0.4, -0.2) is 35.8 Å². The van der Waals surface area contributed by atoms with Gasteiger partial charge in [0.15, 0.2) is 5.82 Å². The maximum atomic E-state index is 5.51. The Kier molecular flexibility index (Phi) is 7.36. The highest BCUT2D eigenvalue weighted by Crippen LogP contribution is 2.07. The highest BCUT2D eigenvalue weighted by Gasteiger charge is 2.02. The number of hydrogen-bond acceptors (Lipinski definition) is 5. The van der Waals surface area contributed by atoms with E-state index in [9.17, 15) is 0 Å². The van der Waals surface area contributed by atoms with Crippen molar-refractivity contribution < 1.29 is 9.47 Å². The van der Waals surface area contributed by atoms with Gasteiger partial charge in [0.05, 0.1) is 19.3 Å². The molecule has 108 valence electrons. The monoisotopic (exact) mass is 267 g/mol. The van der Waals surface area contributed by atoms with Crippen molar-refractivity contribution >= 4 is 5.82 Å². The van der Waals surface area contributed by atoms with E-state index in [1.54, 1.807) is 0 Å². The average molecular weight is 267 g/mol. The first-order valence-corrected chi connectivity index (χ1v) is 6.89. The fourth-order valence-electron chi connectivity index (χ4n) is 1.54. The number of nitrogens with zero attached hydrogens (tertiary/aromatic N) is 2. The van der Waals surface area contributed by atoms with E-state index in [4.69, 9.17) is 9.47 Å². The van der Waals surface area contributed by atoms with Crippen molar-refractivity contribution in [3.63, 3.8) is 0 Å². The molecule has 19 heavy (non-hydrogen) atoms. The van der Waals surface area contributed by atoms with Crippen LogP contribution in [0.3, 0.4) is 0 Å². The number of ether oxygens (including phenoxy) is 2. The van der Waals surface area contributed by atoms with Crippen molar-refractivity contribution in [2.24, 2.45) is 0 Å². The van der Waals surface area contributed by atoms with E-state index in [0.29, 0.717) is 25.6 Å². The van der Waals surface area contributed by atoms with Crippen LogP contribution in [0.1, 0.15) is 38.7 Å². The molecule has 0 radical (unpaired) electrons. The van der Waals surface area contributed by atoms with E-state index < -0.39 is 0 Å². The fraction of sp³-hybridized carbons (Fsp3) is 0.714. The Balaban J connectivity index is 2.38. The summed E-state index contributed by atoms with van der Waals surface area (Å²) < 4.78 is 10.9. The van der Waals surface area contributed by atoms with Crippen LogP contribution in [0.25, 0.3) is 0 Å². The molecule has 0 atom stereocenters. The second-order valence-corrected chi connectivity index (χ2v) is 4.71. The van der Waals surface area contributed by atoms with Crippen LogP contribution in [0.2, 0.25) is 0 Å². The average Bonchev–Trinajstić information content (AvgIpc) is 2.35. The zero-order chi connectivity index (χ0) is 14.1. The molecule has 0 fully saturated rings. The first kappa shape index (κ1) is 15.9. The molecule has 1 heterocycles. The lowest BCUT2D eigenvalue weighted by Gasteiger charge is -2.09. The van der Waals surface area contributed by atoms with Gasteiger partial charge in [-0.2, -0.15) is 0 Å². The van der Waals surface area contributed by atoms with Gasteiger partial charge in [-0.15, -0.1) is 0 Å². The summed E-state index contributed by atoms with van der Waals surface area (Å²) in [5.41, 5.74) is 0.950. The second-order valence-electron chi connectivity index (χ2n) is 4.71. The summed E-state index contributed by atoms with van der Waals surface area (Å²) in [5.74, 6) is 1.58. The standard InChI is InChI=1S/C14H25N3O2/c1-5-6-15-13-9-12(4)16-14(17-13)10-18-7-8-19-11(2)3/h9,11H,5-8,10H2,1-4H3,(H,15,16,17). The van der Waals surface area contributed by atoms with Crippen molar-refractivity contribution in [3.05, 3.63) is 17.6 Å². The van der Waals surface area contributed by atoms with Gasteiger partial charge in [0.25, 0.3) is 0 Å². The lowest BCUT2D eigenvalue weighted by molar-refractivity contribution is 0.0127. The largest absolute Gasteiger partial charge is 0.376 e. The molecular weight excluding hydrogens is 242 g/mol. The molecule has 1 N–H and O–H groups in total. The van der Waals surface area contributed by atoms with Gasteiger partial charge in [0, 0.05) is 18.3 Å². The van der Waals surface area contributed by atoms with Crippen molar-refractivity contribution in [1.82, 2.24) is 9.97 Å². The Hall–Kier alpha value is -1.20. The molecule has 1 aromatic rings. The van der Waals surface area contributed by atoms with Gasteiger partial charge in [-0.3, -0.25) is 0 Å². The summed E-state index contributed by atoms with van der Waals surface area (Å²) >= 11 is 0. The highest BCUT2D eigenvalue weighted by molar-refractivity contribution is 5.35. The molecule has 0 aliphatic heterocycles.